The lowest BCUT2D eigenvalue weighted by Crippen LogP contribution is -2.34. The number of ether oxygens (including phenoxy) is 1. The van der Waals surface area contributed by atoms with Crippen LogP contribution in [0.4, 0.5) is 11.4 Å². The van der Waals surface area contributed by atoms with Gasteiger partial charge >= 0.3 is 5.97 Å². The summed E-state index contributed by atoms with van der Waals surface area (Å²) in [6, 6.07) is 5.06. The second-order valence-electron chi connectivity index (χ2n) is 4.36. The number of carbonyl (C=O) groups is 1. The highest BCUT2D eigenvalue weighted by molar-refractivity contribution is 5.90. The Hall–Kier alpha value is -1.75. The molecule has 0 aliphatic carbocycles. The van der Waals surface area contributed by atoms with Gasteiger partial charge < -0.3 is 20.5 Å². The monoisotopic (exact) mass is 252 g/mol. The topological polar surface area (TPSA) is 75.8 Å². The van der Waals surface area contributed by atoms with Crippen LogP contribution in [0.3, 0.4) is 0 Å². The average Bonchev–Trinajstić information content (AvgIpc) is 2.30. The van der Waals surface area contributed by atoms with Gasteiger partial charge in [-0.1, -0.05) is 0 Å². The normalized spacial score (nSPS) is 10.7. The standard InChI is InChI=1S/C13H20N2O3/c1-9(2)15(6-7-18-3)12-5-4-10(13(16)17)8-11(12)14/h4-5,8-9H,6-7,14H2,1-3H3,(H,16,17). The summed E-state index contributed by atoms with van der Waals surface area (Å²) in [6.07, 6.45) is 0. The molecule has 0 radical (unpaired) electrons. The molecule has 5 nitrogen and oxygen atoms in total. The molecule has 0 aromatic heterocycles. The number of nitrogens with zero attached hydrogens (tertiary/aromatic N) is 1. The van der Waals surface area contributed by atoms with Crippen molar-refractivity contribution in [3.05, 3.63) is 23.8 Å². The first kappa shape index (κ1) is 14.3. The summed E-state index contributed by atoms with van der Waals surface area (Å²) in [5.74, 6) is -0.971. The van der Waals surface area contributed by atoms with Gasteiger partial charge in [0.25, 0.3) is 0 Å². The van der Waals surface area contributed by atoms with Crippen molar-refractivity contribution in [1.82, 2.24) is 0 Å². The summed E-state index contributed by atoms with van der Waals surface area (Å²) in [4.78, 5) is 12.9. The van der Waals surface area contributed by atoms with Crippen molar-refractivity contribution in [2.75, 3.05) is 30.9 Å². The van der Waals surface area contributed by atoms with Gasteiger partial charge in [0.1, 0.15) is 0 Å². The van der Waals surface area contributed by atoms with E-state index < -0.39 is 5.97 Å². The number of hydrogen-bond donors (Lipinski definition) is 2. The van der Waals surface area contributed by atoms with E-state index in [0.29, 0.717) is 18.8 Å². The van der Waals surface area contributed by atoms with E-state index in [1.807, 2.05) is 0 Å². The second kappa shape index (κ2) is 6.26. The molecule has 100 valence electrons. The first-order chi connectivity index (χ1) is 8.47. The third-order valence-electron chi connectivity index (χ3n) is 2.74. The van der Waals surface area contributed by atoms with Crippen molar-refractivity contribution in [1.29, 1.82) is 0 Å². The SMILES string of the molecule is COCCN(c1ccc(C(=O)O)cc1N)C(C)C. The zero-order chi connectivity index (χ0) is 13.7. The zero-order valence-corrected chi connectivity index (χ0v) is 11.0. The Labute approximate surface area is 107 Å². The van der Waals surface area contributed by atoms with E-state index in [1.54, 1.807) is 19.2 Å². The maximum absolute atomic E-state index is 10.9. The first-order valence-corrected chi connectivity index (χ1v) is 5.85. The molecule has 0 fully saturated rings. The van der Waals surface area contributed by atoms with Crippen molar-refractivity contribution < 1.29 is 14.6 Å². The summed E-state index contributed by atoms with van der Waals surface area (Å²) >= 11 is 0. The Morgan fingerprint density at radius 1 is 1.50 bits per heavy atom. The lowest BCUT2D eigenvalue weighted by Gasteiger charge is -2.30. The highest BCUT2D eigenvalue weighted by Crippen LogP contribution is 2.26. The van der Waals surface area contributed by atoms with Crippen molar-refractivity contribution in [3.63, 3.8) is 0 Å². The molecular weight excluding hydrogens is 232 g/mol. The van der Waals surface area contributed by atoms with E-state index in [0.717, 1.165) is 5.69 Å². The lowest BCUT2D eigenvalue weighted by molar-refractivity contribution is 0.0697. The minimum absolute atomic E-state index is 0.201. The van der Waals surface area contributed by atoms with E-state index >= 15 is 0 Å². The molecule has 1 aromatic carbocycles. The fourth-order valence-corrected chi connectivity index (χ4v) is 1.80. The van der Waals surface area contributed by atoms with Gasteiger partial charge in [-0.25, -0.2) is 4.79 Å². The van der Waals surface area contributed by atoms with E-state index in [4.69, 9.17) is 15.6 Å². The fourth-order valence-electron chi connectivity index (χ4n) is 1.80. The summed E-state index contributed by atoms with van der Waals surface area (Å²) < 4.78 is 5.07. The quantitative estimate of drug-likeness (QED) is 0.755. The van der Waals surface area contributed by atoms with E-state index in [1.165, 1.54) is 6.07 Å². The van der Waals surface area contributed by atoms with Crippen molar-refractivity contribution in [2.24, 2.45) is 0 Å². The second-order valence-corrected chi connectivity index (χ2v) is 4.36. The molecule has 0 bridgehead atoms. The Morgan fingerprint density at radius 3 is 2.61 bits per heavy atom. The van der Waals surface area contributed by atoms with Gasteiger partial charge in [0.15, 0.2) is 0 Å². The van der Waals surface area contributed by atoms with E-state index in [2.05, 4.69) is 18.7 Å². The molecule has 0 aliphatic heterocycles. The number of nitrogen functional groups attached to an aromatic ring is 1. The molecule has 0 saturated carbocycles. The molecule has 5 heteroatoms. The van der Waals surface area contributed by atoms with Crippen LogP contribution in [0.1, 0.15) is 24.2 Å². The van der Waals surface area contributed by atoms with E-state index in [-0.39, 0.29) is 11.6 Å². The number of anilines is 2. The maximum atomic E-state index is 10.9. The van der Waals surface area contributed by atoms with Gasteiger partial charge in [-0.3, -0.25) is 0 Å². The van der Waals surface area contributed by atoms with Crippen LogP contribution in [0, 0.1) is 0 Å². The van der Waals surface area contributed by atoms with Gasteiger partial charge in [0.05, 0.1) is 23.5 Å². The number of benzene rings is 1. The van der Waals surface area contributed by atoms with Gasteiger partial charge in [-0.05, 0) is 32.0 Å². The van der Waals surface area contributed by atoms with E-state index in [9.17, 15) is 4.79 Å². The van der Waals surface area contributed by atoms with Crippen LogP contribution < -0.4 is 10.6 Å². The number of methoxy groups -OCH3 is 1. The number of carboxylic acid groups (broad SMARTS) is 1. The third kappa shape index (κ3) is 3.37. The van der Waals surface area contributed by atoms with Crippen LogP contribution in [-0.2, 0) is 4.74 Å². The predicted octanol–water partition coefficient (Wildman–Crippen LogP) is 1.83. The van der Waals surface area contributed by atoms with Gasteiger partial charge in [-0.2, -0.15) is 0 Å². The minimum Gasteiger partial charge on any atom is -0.478 e. The molecule has 0 heterocycles. The van der Waals surface area contributed by atoms with Gasteiger partial charge in [0.2, 0.25) is 0 Å². The summed E-state index contributed by atoms with van der Waals surface area (Å²) in [5, 5.41) is 8.90. The molecule has 0 saturated heterocycles. The van der Waals surface area contributed by atoms with Crippen molar-refractivity contribution in [2.45, 2.75) is 19.9 Å². The smallest absolute Gasteiger partial charge is 0.335 e. The maximum Gasteiger partial charge on any atom is 0.335 e. The van der Waals surface area contributed by atoms with Crippen LogP contribution in [0.2, 0.25) is 0 Å². The van der Waals surface area contributed by atoms with Crippen LogP contribution in [-0.4, -0.2) is 37.4 Å². The van der Waals surface area contributed by atoms with Crippen LogP contribution in [0.15, 0.2) is 18.2 Å². The highest BCUT2D eigenvalue weighted by Gasteiger charge is 2.14. The summed E-state index contributed by atoms with van der Waals surface area (Å²) in [7, 11) is 1.65. The molecule has 0 spiro atoms. The Bertz CT molecular complexity index is 419. The fraction of sp³-hybridized carbons (Fsp3) is 0.462. The predicted molar refractivity (Wildman–Crippen MR) is 72.2 cm³/mol. The van der Waals surface area contributed by atoms with Crippen molar-refractivity contribution >= 4 is 17.3 Å². The molecule has 3 N–H and O–H groups in total. The Morgan fingerprint density at radius 2 is 2.17 bits per heavy atom. The van der Waals surface area contributed by atoms with Crippen LogP contribution in [0.5, 0.6) is 0 Å². The number of nitrogens with two attached hydrogens (primary N) is 1. The molecule has 0 aliphatic rings. The Kier molecular flexibility index (Phi) is 4.97. The largest absolute Gasteiger partial charge is 0.478 e. The first-order valence-electron chi connectivity index (χ1n) is 5.85. The Balaban J connectivity index is 3.01. The molecule has 0 unspecified atom stereocenters. The lowest BCUT2D eigenvalue weighted by atomic mass is 10.1. The van der Waals surface area contributed by atoms with Crippen molar-refractivity contribution in [3.8, 4) is 0 Å². The third-order valence-corrected chi connectivity index (χ3v) is 2.74. The minimum atomic E-state index is -0.971. The molecular formula is C13H20N2O3. The van der Waals surface area contributed by atoms with Gasteiger partial charge in [0, 0.05) is 19.7 Å². The molecule has 18 heavy (non-hydrogen) atoms. The number of aromatic carboxylic acids is 1. The number of rotatable bonds is 6. The van der Waals surface area contributed by atoms with Crippen LogP contribution in [0.25, 0.3) is 0 Å². The molecule has 0 atom stereocenters. The number of carboxylic acids is 1. The highest BCUT2D eigenvalue weighted by atomic mass is 16.5. The summed E-state index contributed by atoms with van der Waals surface area (Å²) in [5.41, 5.74) is 7.44. The van der Waals surface area contributed by atoms with Gasteiger partial charge in [-0.15, -0.1) is 0 Å². The molecule has 1 aromatic rings. The summed E-state index contributed by atoms with van der Waals surface area (Å²) in [6.45, 7) is 5.42. The molecule has 0 amide bonds. The van der Waals surface area contributed by atoms with Crippen LogP contribution >= 0.6 is 0 Å². The zero-order valence-electron chi connectivity index (χ0n) is 11.0. The molecule has 1 rings (SSSR count). The number of hydrogen-bond acceptors (Lipinski definition) is 4. The average molecular weight is 252 g/mol.